The van der Waals surface area contributed by atoms with Gasteiger partial charge in [-0.2, -0.15) is 4.31 Å². The molecule has 2 atom stereocenters. The zero-order chi connectivity index (χ0) is 17.9. The maximum absolute atomic E-state index is 12.8. The van der Waals surface area contributed by atoms with Crippen LogP contribution in [0.15, 0.2) is 35.2 Å². The topological polar surface area (TPSA) is 83.7 Å². The molecule has 0 bridgehead atoms. The molecule has 1 saturated heterocycles. The summed E-state index contributed by atoms with van der Waals surface area (Å²) in [4.78, 5) is 14.9. The Balaban J connectivity index is 1.65. The Morgan fingerprint density at radius 2 is 1.76 bits per heavy atom. The van der Waals surface area contributed by atoms with Crippen LogP contribution in [0.2, 0.25) is 0 Å². The smallest absolute Gasteiger partial charge is 0.243 e. The molecule has 1 aromatic rings. The number of rotatable bonds is 3. The minimum atomic E-state index is -3.49. The molecule has 7 heteroatoms. The molecular weight excluding hydrogens is 338 g/mol. The molecule has 2 fully saturated rings. The Morgan fingerprint density at radius 3 is 2.48 bits per heavy atom. The van der Waals surface area contributed by atoms with Crippen molar-refractivity contribution in [1.29, 1.82) is 0 Å². The highest BCUT2D eigenvalue weighted by Gasteiger charge is 2.32. The minimum Gasteiger partial charge on any atom is -0.341 e. The van der Waals surface area contributed by atoms with Gasteiger partial charge in [0.1, 0.15) is 0 Å². The fourth-order valence-corrected chi connectivity index (χ4v) is 5.30. The van der Waals surface area contributed by atoms with Crippen LogP contribution in [0.1, 0.15) is 32.1 Å². The third kappa shape index (κ3) is 4.22. The van der Waals surface area contributed by atoms with Crippen LogP contribution < -0.4 is 5.73 Å². The lowest BCUT2D eigenvalue weighted by Crippen LogP contribution is -2.42. The van der Waals surface area contributed by atoms with Gasteiger partial charge in [0.25, 0.3) is 0 Å². The van der Waals surface area contributed by atoms with Gasteiger partial charge in [-0.3, -0.25) is 4.79 Å². The molecule has 138 valence electrons. The summed E-state index contributed by atoms with van der Waals surface area (Å²) in [6.07, 6.45) is 4.31. The first-order valence-electron chi connectivity index (χ1n) is 9.08. The van der Waals surface area contributed by atoms with Gasteiger partial charge in [-0.15, -0.1) is 0 Å². The van der Waals surface area contributed by atoms with Crippen molar-refractivity contribution < 1.29 is 13.2 Å². The van der Waals surface area contributed by atoms with Crippen LogP contribution >= 0.6 is 0 Å². The summed E-state index contributed by atoms with van der Waals surface area (Å²) in [5, 5.41) is 0. The van der Waals surface area contributed by atoms with Crippen molar-refractivity contribution in [3.05, 3.63) is 30.3 Å². The summed E-state index contributed by atoms with van der Waals surface area (Å²) in [5.41, 5.74) is 6.01. The number of carbonyl (C=O) groups is 1. The molecule has 1 aliphatic carbocycles. The van der Waals surface area contributed by atoms with E-state index in [-0.39, 0.29) is 17.9 Å². The third-order valence-electron chi connectivity index (χ3n) is 5.21. The quantitative estimate of drug-likeness (QED) is 0.878. The lowest BCUT2D eigenvalue weighted by atomic mass is 9.85. The summed E-state index contributed by atoms with van der Waals surface area (Å²) < 4.78 is 27.0. The monoisotopic (exact) mass is 365 g/mol. The fourth-order valence-electron chi connectivity index (χ4n) is 3.81. The van der Waals surface area contributed by atoms with E-state index < -0.39 is 10.0 Å². The number of benzene rings is 1. The molecule has 2 unspecified atom stereocenters. The molecule has 3 rings (SSSR count). The van der Waals surface area contributed by atoms with Crippen LogP contribution in [0.25, 0.3) is 0 Å². The van der Waals surface area contributed by atoms with E-state index in [1.165, 1.54) is 4.31 Å². The highest BCUT2D eigenvalue weighted by Crippen LogP contribution is 2.26. The Morgan fingerprint density at radius 1 is 1.00 bits per heavy atom. The summed E-state index contributed by atoms with van der Waals surface area (Å²) in [5.74, 6) is 0.148. The first kappa shape index (κ1) is 18.4. The van der Waals surface area contributed by atoms with Crippen molar-refractivity contribution >= 4 is 15.9 Å². The molecule has 25 heavy (non-hydrogen) atoms. The highest BCUT2D eigenvalue weighted by atomic mass is 32.2. The second kappa shape index (κ2) is 7.85. The third-order valence-corrected chi connectivity index (χ3v) is 7.12. The van der Waals surface area contributed by atoms with Crippen LogP contribution in [0.3, 0.4) is 0 Å². The van der Waals surface area contributed by atoms with Crippen LogP contribution in [0.4, 0.5) is 0 Å². The molecule has 1 aromatic carbocycles. The molecule has 0 spiro atoms. The van der Waals surface area contributed by atoms with Crippen molar-refractivity contribution in [2.24, 2.45) is 11.7 Å². The van der Waals surface area contributed by atoms with Gasteiger partial charge in [-0.05, 0) is 37.8 Å². The van der Waals surface area contributed by atoms with Crippen LogP contribution in [-0.4, -0.2) is 55.8 Å². The fraction of sp³-hybridized carbons (Fsp3) is 0.611. The molecule has 1 aliphatic heterocycles. The zero-order valence-corrected chi connectivity index (χ0v) is 15.3. The Hall–Kier alpha value is -1.44. The predicted molar refractivity (Wildman–Crippen MR) is 96.3 cm³/mol. The van der Waals surface area contributed by atoms with Crippen LogP contribution in [0.5, 0.6) is 0 Å². The van der Waals surface area contributed by atoms with Crippen molar-refractivity contribution in [1.82, 2.24) is 9.21 Å². The molecule has 6 nitrogen and oxygen atoms in total. The molecular formula is C18H27N3O3S. The Bertz CT molecular complexity index is 693. The summed E-state index contributed by atoms with van der Waals surface area (Å²) in [6.45, 7) is 1.87. The molecule has 0 aromatic heterocycles. The molecule has 0 radical (unpaired) electrons. The van der Waals surface area contributed by atoms with Gasteiger partial charge in [0.05, 0.1) is 4.90 Å². The van der Waals surface area contributed by atoms with Gasteiger partial charge in [0.15, 0.2) is 0 Å². The van der Waals surface area contributed by atoms with Crippen molar-refractivity contribution in [2.45, 2.75) is 43.0 Å². The van der Waals surface area contributed by atoms with E-state index in [0.717, 1.165) is 25.7 Å². The minimum absolute atomic E-state index is 0.000954. The number of nitrogens with zero attached hydrogens (tertiary/aromatic N) is 2. The standard InChI is InChI=1S/C18H27N3O3S/c19-16-7-4-6-15(14-16)18(22)20-10-5-11-21(13-12-20)25(23,24)17-8-2-1-3-9-17/h1-3,8-9,15-16H,4-7,10-14,19H2. The second-order valence-corrected chi connectivity index (χ2v) is 8.96. The van der Waals surface area contributed by atoms with E-state index in [1.807, 2.05) is 4.90 Å². The molecule has 2 aliphatic rings. The Labute approximate surface area is 150 Å². The van der Waals surface area contributed by atoms with Crippen molar-refractivity contribution in [3.63, 3.8) is 0 Å². The second-order valence-electron chi connectivity index (χ2n) is 7.02. The lowest BCUT2D eigenvalue weighted by molar-refractivity contribution is -0.136. The maximum Gasteiger partial charge on any atom is 0.243 e. The molecule has 1 heterocycles. The zero-order valence-electron chi connectivity index (χ0n) is 14.5. The van der Waals surface area contributed by atoms with E-state index in [2.05, 4.69) is 0 Å². The molecule has 2 N–H and O–H groups in total. The SMILES string of the molecule is NC1CCCC(C(=O)N2CCCN(S(=O)(=O)c3ccccc3)CC2)C1. The van der Waals surface area contributed by atoms with Gasteiger partial charge >= 0.3 is 0 Å². The summed E-state index contributed by atoms with van der Waals surface area (Å²) in [7, 11) is -3.49. The first-order chi connectivity index (χ1) is 12.0. The van der Waals surface area contributed by atoms with Crippen LogP contribution in [-0.2, 0) is 14.8 Å². The lowest BCUT2D eigenvalue weighted by Gasteiger charge is -2.30. The summed E-state index contributed by atoms with van der Waals surface area (Å²) >= 11 is 0. The van der Waals surface area contributed by atoms with Gasteiger partial charge in [-0.25, -0.2) is 8.42 Å². The average molecular weight is 365 g/mol. The van der Waals surface area contributed by atoms with Gasteiger partial charge in [0.2, 0.25) is 15.9 Å². The van der Waals surface area contributed by atoms with Crippen molar-refractivity contribution in [2.75, 3.05) is 26.2 Å². The normalized spacial score (nSPS) is 26.2. The average Bonchev–Trinajstić information content (AvgIpc) is 2.88. The molecule has 1 amide bonds. The van der Waals surface area contributed by atoms with E-state index in [0.29, 0.717) is 37.5 Å². The van der Waals surface area contributed by atoms with E-state index in [9.17, 15) is 13.2 Å². The largest absolute Gasteiger partial charge is 0.341 e. The van der Waals surface area contributed by atoms with E-state index >= 15 is 0 Å². The predicted octanol–water partition coefficient (Wildman–Crippen LogP) is 1.43. The first-order valence-corrected chi connectivity index (χ1v) is 10.5. The molecule has 1 saturated carbocycles. The number of amides is 1. The number of carbonyl (C=O) groups excluding carboxylic acids is 1. The van der Waals surface area contributed by atoms with E-state index in [1.54, 1.807) is 30.3 Å². The van der Waals surface area contributed by atoms with Crippen LogP contribution in [0, 0.1) is 5.92 Å². The Kier molecular flexibility index (Phi) is 5.76. The summed E-state index contributed by atoms with van der Waals surface area (Å²) in [6, 6.07) is 8.61. The van der Waals surface area contributed by atoms with Gasteiger partial charge in [0, 0.05) is 38.1 Å². The van der Waals surface area contributed by atoms with Gasteiger partial charge < -0.3 is 10.6 Å². The maximum atomic E-state index is 12.8. The highest BCUT2D eigenvalue weighted by molar-refractivity contribution is 7.89. The number of nitrogens with two attached hydrogens (primary N) is 1. The van der Waals surface area contributed by atoms with Crippen molar-refractivity contribution in [3.8, 4) is 0 Å². The number of hydrogen-bond donors (Lipinski definition) is 1. The number of sulfonamides is 1. The number of hydrogen-bond acceptors (Lipinski definition) is 4. The van der Waals surface area contributed by atoms with E-state index in [4.69, 9.17) is 5.73 Å². The van der Waals surface area contributed by atoms with Gasteiger partial charge in [-0.1, -0.05) is 24.6 Å².